The predicted octanol–water partition coefficient (Wildman–Crippen LogP) is 0.742. The predicted molar refractivity (Wildman–Crippen MR) is 47.6 cm³/mol. The van der Waals surface area contributed by atoms with E-state index in [4.69, 9.17) is 4.74 Å². The minimum Gasteiger partial charge on any atom is -0.353 e. The summed E-state index contributed by atoms with van der Waals surface area (Å²) in [5, 5.41) is 2.50. The summed E-state index contributed by atoms with van der Waals surface area (Å²) in [6.07, 6.45) is 2.16. The van der Waals surface area contributed by atoms with Gasteiger partial charge in [0.15, 0.2) is 0 Å². The lowest BCUT2D eigenvalue weighted by Crippen LogP contribution is -2.35. The number of ether oxygens (including phenoxy) is 1. The van der Waals surface area contributed by atoms with Crippen LogP contribution in [0.4, 0.5) is 0 Å². The van der Waals surface area contributed by atoms with Gasteiger partial charge in [0.25, 0.3) is 0 Å². The van der Waals surface area contributed by atoms with E-state index < -0.39 is 0 Å². The molecule has 1 aliphatic heterocycles. The summed E-state index contributed by atoms with van der Waals surface area (Å²) in [4.78, 5) is 10.1. The molecule has 1 radical (unpaired) electrons. The van der Waals surface area contributed by atoms with Crippen molar-refractivity contribution in [3.05, 3.63) is 35.4 Å². The van der Waals surface area contributed by atoms with Crippen molar-refractivity contribution in [2.75, 3.05) is 0 Å². The van der Waals surface area contributed by atoms with Gasteiger partial charge in [0, 0.05) is 6.42 Å². The van der Waals surface area contributed by atoms with Crippen LogP contribution in [0.3, 0.4) is 0 Å². The lowest BCUT2D eigenvalue weighted by Gasteiger charge is -2.23. The van der Waals surface area contributed by atoms with Crippen molar-refractivity contribution in [2.24, 2.45) is 0 Å². The van der Waals surface area contributed by atoms with Gasteiger partial charge in [-0.2, -0.15) is 0 Å². The summed E-state index contributed by atoms with van der Waals surface area (Å²) >= 11 is 0. The summed E-state index contributed by atoms with van der Waals surface area (Å²) in [6, 6.07) is 8.07. The van der Waals surface area contributed by atoms with Gasteiger partial charge in [-0.3, -0.25) is 4.79 Å². The summed E-state index contributed by atoms with van der Waals surface area (Å²) < 4.78 is 5.37. The number of benzene rings is 1. The van der Waals surface area contributed by atoms with Crippen LogP contribution >= 0.6 is 0 Å². The molecule has 0 saturated heterocycles. The minimum absolute atomic E-state index is 0.215. The number of carbonyl (C=O) groups excluding carboxylic acids is 1. The Labute approximate surface area is 76.7 Å². The zero-order valence-corrected chi connectivity index (χ0v) is 7.12. The van der Waals surface area contributed by atoms with Gasteiger partial charge >= 0.3 is 6.41 Å². The van der Waals surface area contributed by atoms with Gasteiger partial charge < -0.3 is 10.1 Å². The van der Waals surface area contributed by atoms with Crippen LogP contribution in [0.2, 0.25) is 0 Å². The standard InChI is InChI=1S/C10H10NO2/c12-7-11-10-5-8-3-1-2-4-9(8)6-13-10/h1-4,10H,5-6H2,(H,11,12). The highest BCUT2D eigenvalue weighted by Crippen LogP contribution is 2.18. The van der Waals surface area contributed by atoms with Gasteiger partial charge in [-0.05, 0) is 11.1 Å². The van der Waals surface area contributed by atoms with Crippen molar-refractivity contribution in [3.63, 3.8) is 0 Å². The number of rotatable bonds is 2. The normalized spacial score (nSPS) is 20.5. The average Bonchev–Trinajstić information content (AvgIpc) is 2.18. The molecule has 13 heavy (non-hydrogen) atoms. The van der Waals surface area contributed by atoms with E-state index in [0.29, 0.717) is 6.61 Å². The SMILES string of the molecule is O=[C]NC1Cc2ccccc2CO1. The Morgan fingerprint density at radius 2 is 2.15 bits per heavy atom. The quantitative estimate of drug-likeness (QED) is 0.675. The van der Waals surface area contributed by atoms with Crippen molar-refractivity contribution >= 4 is 6.41 Å². The highest BCUT2D eigenvalue weighted by Gasteiger charge is 2.17. The first-order valence-electron chi connectivity index (χ1n) is 4.21. The summed E-state index contributed by atoms with van der Waals surface area (Å²) in [5.41, 5.74) is 2.44. The maximum atomic E-state index is 10.1. The molecule has 1 amide bonds. The zero-order valence-electron chi connectivity index (χ0n) is 7.12. The molecule has 67 valence electrons. The van der Waals surface area contributed by atoms with Gasteiger partial charge in [0.1, 0.15) is 6.23 Å². The Balaban J connectivity index is 2.15. The monoisotopic (exact) mass is 176 g/mol. The van der Waals surface area contributed by atoms with Crippen LogP contribution in [0.25, 0.3) is 0 Å². The van der Waals surface area contributed by atoms with Gasteiger partial charge in [0.2, 0.25) is 0 Å². The van der Waals surface area contributed by atoms with Crippen molar-refractivity contribution in [3.8, 4) is 0 Å². The molecule has 0 bridgehead atoms. The number of hydrogen-bond donors (Lipinski definition) is 1. The fourth-order valence-electron chi connectivity index (χ4n) is 1.50. The molecule has 0 aromatic heterocycles. The van der Waals surface area contributed by atoms with Gasteiger partial charge in [-0.1, -0.05) is 24.3 Å². The van der Waals surface area contributed by atoms with Crippen molar-refractivity contribution in [2.45, 2.75) is 19.3 Å². The third kappa shape index (κ3) is 1.70. The van der Waals surface area contributed by atoms with Gasteiger partial charge in [-0.25, -0.2) is 0 Å². The third-order valence-electron chi connectivity index (χ3n) is 2.18. The van der Waals surface area contributed by atoms with E-state index in [1.54, 1.807) is 6.41 Å². The summed E-state index contributed by atoms with van der Waals surface area (Å²) in [7, 11) is 0. The Bertz CT molecular complexity index is 312. The Kier molecular flexibility index (Phi) is 2.27. The van der Waals surface area contributed by atoms with Crippen LogP contribution in [0.1, 0.15) is 11.1 Å². The molecular weight excluding hydrogens is 166 g/mol. The molecule has 0 saturated carbocycles. The second kappa shape index (κ2) is 3.58. The number of fused-ring (bicyclic) bond motifs is 1. The molecule has 1 heterocycles. The number of amides is 1. The second-order valence-electron chi connectivity index (χ2n) is 3.02. The van der Waals surface area contributed by atoms with E-state index in [9.17, 15) is 4.79 Å². The Morgan fingerprint density at radius 3 is 2.92 bits per heavy atom. The number of nitrogens with one attached hydrogen (secondary N) is 1. The number of hydrogen-bond acceptors (Lipinski definition) is 2. The van der Waals surface area contributed by atoms with E-state index in [-0.39, 0.29) is 6.23 Å². The molecule has 1 aliphatic rings. The van der Waals surface area contributed by atoms with Crippen LogP contribution in [-0.4, -0.2) is 12.6 Å². The summed E-state index contributed by atoms with van der Waals surface area (Å²) in [5.74, 6) is 0. The molecule has 2 rings (SSSR count). The molecule has 1 aromatic rings. The smallest absolute Gasteiger partial charge is 0.311 e. The molecule has 0 aliphatic carbocycles. The molecular formula is C10H10NO2. The van der Waals surface area contributed by atoms with E-state index in [1.807, 2.05) is 18.2 Å². The molecule has 3 heteroatoms. The molecule has 3 nitrogen and oxygen atoms in total. The molecule has 1 N–H and O–H groups in total. The Hall–Kier alpha value is -1.35. The highest BCUT2D eigenvalue weighted by molar-refractivity contribution is 5.47. The van der Waals surface area contributed by atoms with E-state index in [0.717, 1.165) is 6.42 Å². The molecule has 1 atom stereocenters. The van der Waals surface area contributed by atoms with Gasteiger partial charge in [0.05, 0.1) is 6.61 Å². The highest BCUT2D eigenvalue weighted by atomic mass is 16.5. The fraction of sp³-hybridized carbons (Fsp3) is 0.300. The summed E-state index contributed by atoms with van der Waals surface area (Å²) in [6.45, 7) is 0.565. The van der Waals surface area contributed by atoms with Crippen molar-refractivity contribution in [1.82, 2.24) is 5.32 Å². The molecule has 1 unspecified atom stereocenters. The van der Waals surface area contributed by atoms with E-state index in [1.165, 1.54) is 11.1 Å². The van der Waals surface area contributed by atoms with Crippen LogP contribution in [0.5, 0.6) is 0 Å². The first kappa shape index (κ1) is 8.26. The van der Waals surface area contributed by atoms with E-state index >= 15 is 0 Å². The van der Waals surface area contributed by atoms with Gasteiger partial charge in [-0.15, -0.1) is 0 Å². The molecule has 1 aromatic carbocycles. The first-order chi connectivity index (χ1) is 6.40. The molecule has 0 fully saturated rings. The van der Waals surface area contributed by atoms with Crippen LogP contribution in [0.15, 0.2) is 24.3 Å². The maximum absolute atomic E-state index is 10.1. The van der Waals surface area contributed by atoms with Crippen molar-refractivity contribution in [1.29, 1.82) is 0 Å². The van der Waals surface area contributed by atoms with Crippen LogP contribution in [0, 0.1) is 0 Å². The lowest BCUT2D eigenvalue weighted by molar-refractivity contribution is 0.0187. The second-order valence-corrected chi connectivity index (χ2v) is 3.02. The largest absolute Gasteiger partial charge is 0.353 e. The minimum atomic E-state index is -0.215. The molecule has 0 spiro atoms. The van der Waals surface area contributed by atoms with Crippen molar-refractivity contribution < 1.29 is 9.53 Å². The lowest BCUT2D eigenvalue weighted by atomic mass is 10.0. The van der Waals surface area contributed by atoms with Crippen LogP contribution < -0.4 is 5.32 Å². The van der Waals surface area contributed by atoms with E-state index in [2.05, 4.69) is 11.4 Å². The average molecular weight is 176 g/mol. The third-order valence-corrected chi connectivity index (χ3v) is 2.18. The Morgan fingerprint density at radius 1 is 1.38 bits per heavy atom. The topological polar surface area (TPSA) is 38.3 Å². The zero-order chi connectivity index (χ0) is 9.10. The maximum Gasteiger partial charge on any atom is 0.311 e. The first-order valence-corrected chi connectivity index (χ1v) is 4.21. The fourth-order valence-corrected chi connectivity index (χ4v) is 1.50. The van der Waals surface area contributed by atoms with Crippen LogP contribution in [-0.2, 0) is 22.6 Å².